The van der Waals surface area contributed by atoms with Gasteiger partial charge in [-0.1, -0.05) is 19.2 Å². The van der Waals surface area contributed by atoms with Crippen molar-refractivity contribution in [1.82, 2.24) is 0 Å². The number of ether oxygens (including phenoxy) is 1. The smallest absolute Gasteiger partial charge is 0.124 e. The average Bonchev–Trinajstić information content (AvgIpc) is 1.99. The maximum atomic E-state index is 9.32. The number of rotatable bonds is 1. The van der Waals surface area contributed by atoms with Crippen molar-refractivity contribution in [2.45, 2.75) is 12.5 Å². The van der Waals surface area contributed by atoms with Crippen LogP contribution in [0.3, 0.4) is 0 Å². The van der Waals surface area contributed by atoms with Crippen LogP contribution < -0.4 is 0 Å². The van der Waals surface area contributed by atoms with Crippen molar-refractivity contribution in [3.8, 4) is 0 Å². The molecular formula is C9H12O2. The predicted molar refractivity (Wildman–Crippen MR) is 44.0 cm³/mol. The molecule has 0 aromatic rings. The Morgan fingerprint density at radius 1 is 1.64 bits per heavy atom. The average molecular weight is 152 g/mol. The summed E-state index contributed by atoms with van der Waals surface area (Å²) in [5, 5.41) is 9.32. The molecular weight excluding hydrogens is 140 g/mol. The van der Waals surface area contributed by atoms with Gasteiger partial charge in [-0.2, -0.15) is 0 Å². The highest BCUT2D eigenvalue weighted by Crippen LogP contribution is 2.21. The third-order valence-corrected chi connectivity index (χ3v) is 1.64. The fourth-order valence-electron chi connectivity index (χ4n) is 0.974. The van der Waals surface area contributed by atoms with Crippen LogP contribution in [-0.4, -0.2) is 17.8 Å². The van der Waals surface area contributed by atoms with Gasteiger partial charge in [0.05, 0.1) is 12.7 Å². The number of hydrogen-bond acceptors (Lipinski definition) is 2. The van der Waals surface area contributed by atoms with Crippen molar-refractivity contribution < 1.29 is 9.84 Å². The van der Waals surface area contributed by atoms with Crippen molar-refractivity contribution in [2.75, 3.05) is 6.61 Å². The maximum absolute atomic E-state index is 9.32. The van der Waals surface area contributed by atoms with Crippen LogP contribution in [0.5, 0.6) is 0 Å². The van der Waals surface area contributed by atoms with Gasteiger partial charge >= 0.3 is 0 Å². The van der Waals surface area contributed by atoms with Crippen LogP contribution in [0.15, 0.2) is 36.6 Å². The topological polar surface area (TPSA) is 29.5 Å². The van der Waals surface area contributed by atoms with Crippen LogP contribution >= 0.6 is 0 Å². The van der Waals surface area contributed by atoms with E-state index in [9.17, 15) is 5.11 Å². The van der Waals surface area contributed by atoms with E-state index in [1.165, 1.54) is 0 Å². The minimum Gasteiger partial charge on any atom is -0.493 e. The van der Waals surface area contributed by atoms with Gasteiger partial charge in [0.2, 0.25) is 0 Å². The number of aliphatic hydroxyl groups is 1. The lowest BCUT2D eigenvalue weighted by atomic mass is 10.0. The van der Waals surface area contributed by atoms with Gasteiger partial charge in [-0.3, -0.25) is 0 Å². The fraction of sp³-hybridized carbons (Fsp3) is 0.333. The summed E-state index contributed by atoms with van der Waals surface area (Å²) in [5.41, 5.74) is 0.649. The molecule has 1 aliphatic heterocycles. The molecule has 1 fully saturated rings. The molecule has 2 nitrogen and oxygen atoms in total. The zero-order valence-corrected chi connectivity index (χ0v) is 6.42. The third kappa shape index (κ3) is 1.71. The van der Waals surface area contributed by atoms with Gasteiger partial charge in [-0.05, 0) is 6.08 Å². The van der Waals surface area contributed by atoms with Crippen molar-refractivity contribution in [3.63, 3.8) is 0 Å². The lowest BCUT2D eigenvalue weighted by Crippen LogP contribution is -2.21. The predicted octanol–water partition coefficient (Wildman–Crippen LogP) is 1.39. The van der Waals surface area contributed by atoms with Gasteiger partial charge in [0.1, 0.15) is 5.76 Å². The van der Waals surface area contributed by atoms with Crippen LogP contribution in [0.25, 0.3) is 0 Å². The first-order chi connectivity index (χ1) is 5.25. The first kappa shape index (κ1) is 8.08. The molecule has 1 saturated heterocycles. The molecule has 0 aromatic carbocycles. The third-order valence-electron chi connectivity index (χ3n) is 1.64. The second-order valence-electron chi connectivity index (χ2n) is 2.44. The molecule has 11 heavy (non-hydrogen) atoms. The van der Waals surface area contributed by atoms with E-state index in [4.69, 9.17) is 4.74 Å². The van der Waals surface area contributed by atoms with Crippen LogP contribution in [0.2, 0.25) is 0 Å². The Kier molecular flexibility index (Phi) is 2.49. The standard InChI is InChI=1S/C9H12O2/c1-3-4-9-7(2)8(10)5-6-11-9/h3-4,8,10H,1-2,5-6H2/b9-4+/t8-/m0/s1. The lowest BCUT2D eigenvalue weighted by molar-refractivity contribution is 0.100. The van der Waals surface area contributed by atoms with E-state index in [1.807, 2.05) is 0 Å². The van der Waals surface area contributed by atoms with Gasteiger partial charge in [0, 0.05) is 12.0 Å². The summed E-state index contributed by atoms with van der Waals surface area (Å²) < 4.78 is 5.23. The summed E-state index contributed by atoms with van der Waals surface area (Å²) in [7, 11) is 0. The lowest BCUT2D eigenvalue weighted by Gasteiger charge is -2.23. The Morgan fingerprint density at radius 2 is 2.36 bits per heavy atom. The Balaban J connectivity index is 2.73. The summed E-state index contributed by atoms with van der Waals surface area (Å²) in [4.78, 5) is 0. The first-order valence-electron chi connectivity index (χ1n) is 3.58. The summed E-state index contributed by atoms with van der Waals surface area (Å²) in [6.45, 7) is 7.79. The Hall–Kier alpha value is -1.02. The minimum absolute atomic E-state index is 0.449. The Bertz CT molecular complexity index is 204. The molecule has 0 bridgehead atoms. The fourth-order valence-corrected chi connectivity index (χ4v) is 0.974. The van der Waals surface area contributed by atoms with Crippen molar-refractivity contribution in [2.24, 2.45) is 0 Å². The maximum Gasteiger partial charge on any atom is 0.124 e. The Labute approximate surface area is 66.5 Å². The van der Waals surface area contributed by atoms with Crippen LogP contribution in [0, 0.1) is 0 Å². The normalized spacial score (nSPS) is 28.3. The Morgan fingerprint density at radius 3 is 3.00 bits per heavy atom. The van der Waals surface area contributed by atoms with Gasteiger partial charge in [-0.15, -0.1) is 0 Å². The van der Waals surface area contributed by atoms with E-state index in [-0.39, 0.29) is 0 Å². The van der Waals surface area contributed by atoms with Crippen molar-refractivity contribution in [3.05, 3.63) is 36.6 Å². The number of aliphatic hydroxyl groups excluding tert-OH is 1. The van der Waals surface area contributed by atoms with Crippen LogP contribution in [-0.2, 0) is 4.74 Å². The molecule has 2 heteroatoms. The molecule has 0 aliphatic carbocycles. The molecule has 1 rings (SSSR count). The van der Waals surface area contributed by atoms with Gasteiger partial charge in [0.25, 0.3) is 0 Å². The van der Waals surface area contributed by atoms with Crippen LogP contribution in [0.1, 0.15) is 6.42 Å². The second-order valence-corrected chi connectivity index (χ2v) is 2.44. The molecule has 1 N–H and O–H groups in total. The molecule has 0 radical (unpaired) electrons. The highest BCUT2D eigenvalue weighted by atomic mass is 16.5. The quantitative estimate of drug-likeness (QED) is 0.615. The highest BCUT2D eigenvalue weighted by Gasteiger charge is 2.18. The molecule has 0 saturated carbocycles. The zero-order chi connectivity index (χ0) is 8.27. The molecule has 1 heterocycles. The van der Waals surface area contributed by atoms with E-state index >= 15 is 0 Å². The summed E-state index contributed by atoms with van der Waals surface area (Å²) in [6, 6.07) is 0. The SMILES string of the molecule is C=C/C=C1/OCC[C@H](O)C1=C. The van der Waals surface area contributed by atoms with E-state index in [0.29, 0.717) is 24.4 Å². The summed E-state index contributed by atoms with van der Waals surface area (Å²) in [6.07, 6.45) is 3.52. The van der Waals surface area contributed by atoms with Gasteiger partial charge in [0.15, 0.2) is 0 Å². The summed E-state index contributed by atoms with van der Waals surface area (Å²) in [5.74, 6) is 0.652. The highest BCUT2D eigenvalue weighted by molar-refractivity contribution is 5.30. The van der Waals surface area contributed by atoms with Crippen LogP contribution in [0.4, 0.5) is 0 Å². The molecule has 0 unspecified atom stereocenters. The zero-order valence-electron chi connectivity index (χ0n) is 6.42. The van der Waals surface area contributed by atoms with Crippen molar-refractivity contribution >= 4 is 0 Å². The molecule has 0 spiro atoms. The molecule has 1 atom stereocenters. The molecule has 0 amide bonds. The van der Waals surface area contributed by atoms with Crippen molar-refractivity contribution in [1.29, 1.82) is 0 Å². The monoisotopic (exact) mass is 152 g/mol. The first-order valence-corrected chi connectivity index (χ1v) is 3.58. The van der Waals surface area contributed by atoms with E-state index in [1.54, 1.807) is 12.2 Å². The minimum atomic E-state index is -0.449. The molecule has 60 valence electrons. The summed E-state index contributed by atoms with van der Waals surface area (Å²) >= 11 is 0. The van der Waals surface area contributed by atoms with E-state index in [2.05, 4.69) is 13.2 Å². The number of allylic oxidation sites excluding steroid dienone is 2. The second kappa shape index (κ2) is 3.39. The van der Waals surface area contributed by atoms with E-state index in [0.717, 1.165) is 0 Å². The largest absolute Gasteiger partial charge is 0.493 e. The van der Waals surface area contributed by atoms with E-state index < -0.39 is 6.10 Å². The molecule has 1 aliphatic rings. The number of hydrogen-bond donors (Lipinski definition) is 1. The van der Waals surface area contributed by atoms with Gasteiger partial charge < -0.3 is 9.84 Å². The molecule has 0 aromatic heterocycles. The van der Waals surface area contributed by atoms with Gasteiger partial charge in [-0.25, -0.2) is 0 Å².